The zero-order valence-corrected chi connectivity index (χ0v) is 14.6. The first-order valence-electron chi connectivity index (χ1n) is 9.01. The highest BCUT2D eigenvalue weighted by Gasteiger charge is 2.42. The van der Waals surface area contributed by atoms with E-state index in [4.69, 9.17) is 4.74 Å². The SMILES string of the molecule is O=C(CN1CC2CC(Oc3c(F)cccc3F)CC2C1)c1ccc(O)cn1. The van der Waals surface area contributed by atoms with Gasteiger partial charge in [-0.05, 0) is 48.9 Å². The summed E-state index contributed by atoms with van der Waals surface area (Å²) in [5.74, 6) is -1.01. The maximum Gasteiger partial charge on any atom is 0.195 e. The lowest BCUT2D eigenvalue weighted by atomic mass is 10.0. The molecule has 2 fully saturated rings. The Morgan fingerprint density at radius 3 is 2.41 bits per heavy atom. The number of hydrogen-bond donors (Lipinski definition) is 1. The fraction of sp³-hybridized carbons (Fsp3) is 0.400. The van der Waals surface area contributed by atoms with Crippen molar-refractivity contribution in [2.24, 2.45) is 11.8 Å². The summed E-state index contributed by atoms with van der Waals surface area (Å²) in [6.07, 6.45) is 2.50. The van der Waals surface area contributed by atoms with Crippen LogP contribution in [0.5, 0.6) is 11.5 Å². The number of nitrogens with zero attached hydrogens (tertiary/aromatic N) is 2. The van der Waals surface area contributed by atoms with Gasteiger partial charge in [0.25, 0.3) is 0 Å². The van der Waals surface area contributed by atoms with Crippen LogP contribution in [0.3, 0.4) is 0 Å². The highest BCUT2D eigenvalue weighted by atomic mass is 19.1. The number of rotatable bonds is 5. The Morgan fingerprint density at radius 1 is 1.15 bits per heavy atom. The van der Waals surface area contributed by atoms with Gasteiger partial charge < -0.3 is 9.84 Å². The van der Waals surface area contributed by atoms with Gasteiger partial charge in [0.1, 0.15) is 11.4 Å². The summed E-state index contributed by atoms with van der Waals surface area (Å²) >= 11 is 0. The van der Waals surface area contributed by atoms with Crippen LogP contribution in [-0.4, -0.2) is 46.5 Å². The number of halogens is 2. The number of para-hydroxylation sites is 1. The minimum atomic E-state index is -0.680. The largest absolute Gasteiger partial charge is 0.506 e. The summed E-state index contributed by atoms with van der Waals surface area (Å²) < 4.78 is 33.1. The number of ketones is 1. The molecule has 0 bridgehead atoms. The van der Waals surface area contributed by atoms with E-state index in [0.717, 1.165) is 25.9 Å². The fourth-order valence-electron chi connectivity index (χ4n) is 4.16. The van der Waals surface area contributed by atoms with Gasteiger partial charge >= 0.3 is 0 Å². The number of aromatic nitrogens is 1. The van der Waals surface area contributed by atoms with E-state index < -0.39 is 11.6 Å². The third kappa shape index (κ3) is 3.78. The second kappa shape index (κ2) is 7.23. The number of carbonyl (C=O) groups is 1. The molecule has 4 rings (SSSR count). The third-order valence-electron chi connectivity index (χ3n) is 5.39. The minimum Gasteiger partial charge on any atom is -0.506 e. The molecule has 1 aliphatic carbocycles. The molecular formula is C20H20F2N2O3. The zero-order valence-electron chi connectivity index (χ0n) is 14.6. The number of Topliss-reactive ketones (excluding diaryl/α,β-unsaturated/α-hetero) is 1. The van der Waals surface area contributed by atoms with E-state index in [2.05, 4.69) is 9.88 Å². The van der Waals surface area contributed by atoms with Gasteiger partial charge in [0.05, 0.1) is 18.8 Å². The maximum atomic E-state index is 13.8. The Hall–Kier alpha value is -2.54. The van der Waals surface area contributed by atoms with E-state index in [1.165, 1.54) is 36.5 Å². The maximum absolute atomic E-state index is 13.8. The molecule has 2 unspecified atom stereocenters. The summed E-state index contributed by atoms with van der Waals surface area (Å²) in [7, 11) is 0. The zero-order chi connectivity index (χ0) is 19.0. The molecule has 27 heavy (non-hydrogen) atoms. The Bertz CT molecular complexity index is 809. The quantitative estimate of drug-likeness (QED) is 0.815. The smallest absolute Gasteiger partial charge is 0.195 e. The molecule has 2 aliphatic rings. The van der Waals surface area contributed by atoms with Crippen molar-refractivity contribution in [1.82, 2.24) is 9.88 Å². The molecule has 2 atom stereocenters. The van der Waals surface area contributed by atoms with Gasteiger partial charge in [-0.1, -0.05) is 6.07 Å². The molecule has 2 heterocycles. The Morgan fingerprint density at radius 2 is 1.81 bits per heavy atom. The van der Waals surface area contributed by atoms with Gasteiger partial charge in [-0.15, -0.1) is 0 Å². The van der Waals surface area contributed by atoms with Crippen LogP contribution in [0.4, 0.5) is 8.78 Å². The number of pyridine rings is 1. The molecule has 0 radical (unpaired) electrons. The van der Waals surface area contributed by atoms with Crippen LogP contribution >= 0.6 is 0 Å². The van der Waals surface area contributed by atoms with Crippen LogP contribution in [0, 0.1) is 23.5 Å². The number of hydrogen-bond acceptors (Lipinski definition) is 5. The fourth-order valence-corrected chi connectivity index (χ4v) is 4.16. The lowest BCUT2D eigenvalue weighted by Crippen LogP contribution is -2.30. The molecule has 1 saturated heterocycles. The molecule has 0 amide bonds. The molecule has 142 valence electrons. The van der Waals surface area contributed by atoms with Crippen molar-refractivity contribution >= 4 is 5.78 Å². The summed E-state index contributed by atoms with van der Waals surface area (Å²) in [5.41, 5.74) is 0.334. The van der Waals surface area contributed by atoms with Crippen LogP contribution in [0.2, 0.25) is 0 Å². The molecule has 1 saturated carbocycles. The average Bonchev–Trinajstić information content (AvgIpc) is 3.16. The number of ether oxygens (including phenoxy) is 1. The van der Waals surface area contributed by atoms with E-state index in [1.54, 1.807) is 0 Å². The third-order valence-corrected chi connectivity index (χ3v) is 5.39. The van der Waals surface area contributed by atoms with Crippen molar-refractivity contribution in [3.63, 3.8) is 0 Å². The first-order chi connectivity index (χ1) is 13.0. The normalized spacial score (nSPS) is 24.7. The molecule has 0 spiro atoms. The number of carbonyl (C=O) groups excluding carboxylic acids is 1. The second-order valence-corrected chi connectivity index (χ2v) is 7.30. The van der Waals surface area contributed by atoms with Gasteiger partial charge in [-0.3, -0.25) is 9.69 Å². The van der Waals surface area contributed by atoms with Crippen molar-refractivity contribution in [2.45, 2.75) is 18.9 Å². The van der Waals surface area contributed by atoms with Crippen LogP contribution in [0.15, 0.2) is 36.5 Å². The molecule has 7 heteroatoms. The van der Waals surface area contributed by atoms with Gasteiger partial charge in [0.15, 0.2) is 23.2 Å². The summed E-state index contributed by atoms with van der Waals surface area (Å²) in [4.78, 5) is 18.4. The molecule has 5 nitrogen and oxygen atoms in total. The molecule has 1 aromatic carbocycles. The first-order valence-corrected chi connectivity index (χ1v) is 9.01. The van der Waals surface area contributed by atoms with Gasteiger partial charge in [0.2, 0.25) is 0 Å². The van der Waals surface area contributed by atoms with Crippen molar-refractivity contribution in [1.29, 1.82) is 0 Å². The summed E-state index contributed by atoms with van der Waals surface area (Å²) in [5, 5.41) is 9.25. The van der Waals surface area contributed by atoms with E-state index in [0.29, 0.717) is 17.5 Å². The number of aromatic hydroxyl groups is 1. The lowest BCUT2D eigenvalue weighted by Gasteiger charge is -2.19. The molecular weight excluding hydrogens is 354 g/mol. The predicted molar refractivity (Wildman–Crippen MR) is 93.7 cm³/mol. The first kappa shape index (κ1) is 17.9. The van der Waals surface area contributed by atoms with E-state index >= 15 is 0 Å². The number of fused-ring (bicyclic) bond motifs is 1. The molecule has 1 aliphatic heterocycles. The standard InChI is InChI=1S/C20H20F2N2O3/c21-16-2-1-3-17(22)20(16)27-15-6-12-9-24(10-13(12)7-15)11-19(26)18-5-4-14(25)8-23-18/h1-5,8,12-13,15,25H,6-7,9-11H2. The van der Waals surface area contributed by atoms with Crippen molar-refractivity contribution in [3.8, 4) is 11.5 Å². The highest BCUT2D eigenvalue weighted by Crippen LogP contribution is 2.40. The monoisotopic (exact) mass is 374 g/mol. The topological polar surface area (TPSA) is 62.7 Å². The van der Waals surface area contributed by atoms with E-state index in [-0.39, 0.29) is 29.9 Å². The van der Waals surface area contributed by atoms with Gasteiger partial charge in [-0.25, -0.2) is 13.8 Å². The molecule has 2 aromatic rings. The number of benzene rings is 1. The molecule has 1 N–H and O–H groups in total. The average molecular weight is 374 g/mol. The Balaban J connectivity index is 1.32. The van der Waals surface area contributed by atoms with Crippen LogP contribution < -0.4 is 4.74 Å². The van der Waals surface area contributed by atoms with Crippen LogP contribution in [-0.2, 0) is 0 Å². The minimum absolute atomic E-state index is 0.0274. The van der Waals surface area contributed by atoms with Crippen molar-refractivity contribution < 1.29 is 23.4 Å². The van der Waals surface area contributed by atoms with Crippen molar-refractivity contribution in [3.05, 3.63) is 53.9 Å². The van der Waals surface area contributed by atoms with Gasteiger partial charge in [-0.2, -0.15) is 0 Å². The summed E-state index contributed by atoms with van der Waals surface area (Å²) in [6.45, 7) is 1.79. The van der Waals surface area contributed by atoms with Crippen molar-refractivity contribution in [2.75, 3.05) is 19.6 Å². The second-order valence-electron chi connectivity index (χ2n) is 7.30. The number of likely N-dealkylation sites (tertiary alicyclic amines) is 1. The van der Waals surface area contributed by atoms with Crippen LogP contribution in [0.25, 0.3) is 0 Å². The predicted octanol–water partition coefficient (Wildman–Crippen LogP) is 3.04. The highest BCUT2D eigenvalue weighted by molar-refractivity contribution is 5.95. The van der Waals surface area contributed by atoms with E-state index in [1.807, 2.05) is 0 Å². The Kier molecular flexibility index (Phi) is 4.78. The summed E-state index contributed by atoms with van der Waals surface area (Å²) in [6, 6.07) is 6.67. The van der Waals surface area contributed by atoms with Crippen LogP contribution in [0.1, 0.15) is 23.3 Å². The molecule has 1 aromatic heterocycles. The Labute approximate surface area is 155 Å². The van der Waals surface area contributed by atoms with Gasteiger partial charge in [0, 0.05) is 13.1 Å². The van der Waals surface area contributed by atoms with E-state index in [9.17, 15) is 18.7 Å². The lowest BCUT2D eigenvalue weighted by molar-refractivity contribution is 0.0931.